The molecule has 0 radical (unpaired) electrons. The number of sulfonamides is 1. The normalized spacial score (nSPS) is 18.2. The molecular weight excluding hydrogens is 389 g/mol. The maximum atomic E-state index is 12.8. The van der Waals surface area contributed by atoms with Gasteiger partial charge in [-0.25, -0.2) is 8.42 Å². The van der Waals surface area contributed by atoms with Gasteiger partial charge in [-0.2, -0.15) is 17.5 Å². The molecule has 0 N–H and O–H groups in total. The van der Waals surface area contributed by atoms with Gasteiger partial charge in [-0.3, -0.25) is 4.90 Å². The molecule has 2 aromatic carbocycles. The van der Waals surface area contributed by atoms with Crippen LogP contribution in [0.1, 0.15) is 29.7 Å². The first-order valence-electron chi connectivity index (χ1n) is 9.07. The SMILES string of the molecule is Cc1ccc(S(=O)(=O)N2CCN(C(C)c3ccc(C(F)(F)F)cc3)CC2)cc1. The van der Waals surface area contributed by atoms with Gasteiger partial charge in [0.1, 0.15) is 0 Å². The number of nitrogens with zero attached hydrogens (tertiary/aromatic N) is 2. The summed E-state index contributed by atoms with van der Waals surface area (Å²) in [6.07, 6.45) is -4.35. The monoisotopic (exact) mass is 412 g/mol. The second-order valence-corrected chi connectivity index (χ2v) is 8.99. The summed E-state index contributed by atoms with van der Waals surface area (Å²) in [5, 5.41) is 0. The Morgan fingerprint density at radius 2 is 1.43 bits per heavy atom. The lowest BCUT2D eigenvalue weighted by atomic mass is 10.0. The Morgan fingerprint density at radius 3 is 1.93 bits per heavy atom. The van der Waals surface area contributed by atoms with Crippen molar-refractivity contribution in [2.75, 3.05) is 26.2 Å². The summed E-state index contributed by atoms with van der Waals surface area (Å²) in [7, 11) is -3.53. The summed E-state index contributed by atoms with van der Waals surface area (Å²) in [6.45, 7) is 5.56. The molecule has 1 aliphatic rings. The second kappa shape index (κ2) is 7.85. The first-order valence-corrected chi connectivity index (χ1v) is 10.5. The number of alkyl halides is 3. The average Bonchev–Trinajstić information content (AvgIpc) is 2.67. The van der Waals surface area contributed by atoms with E-state index in [0.29, 0.717) is 26.2 Å². The molecule has 4 nitrogen and oxygen atoms in total. The molecule has 0 bridgehead atoms. The van der Waals surface area contributed by atoms with Crippen LogP contribution in [-0.4, -0.2) is 43.8 Å². The molecule has 1 saturated heterocycles. The number of rotatable bonds is 4. The molecule has 28 heavy (non-hydrogen) atoms. The van der Waals surface area contributed by atoms with Crippen LogP contribution in [0.5, 0.6) is 0 Å². The molecule has 1 heterocycles. The van der Waals surface area contributed by atoms with E-state index in [1.165, 1.54) is 16.4 Å². The smallest absolute Gasteiger partial charge is 0.294 e. The van der Waals surface area contributed by atoms with Crippen LogP contribution in [0.15, 0.2) is 53.4 Å². The van der Waals surface area contributed by atoms with Crippen molar-refractivity contribution < 1.29 is 21.6 Å². The van der Waals surface area contributed by atoms with Crippen molar-refractivity contribution in [3.8, 4) is 0 Å². The Morgan fingerprint density at radius 1 is 0.893 bits per heavy atom. The molecule has 8 heteroatoms. The highest BCUT2D eigenvalue weighted by Gasteiger charge is 2.32. The second-order valence-electron chi connectivity index (χ2n) is 7.05. The van der Waals surface area contributed by atoms with E-state index in [1.54, 1.807) is 24.3 Å². The Kier molecular flexibility index (Phi) is 5.84. The Balaban J connectivity index is 1.65. The van der Waals surface area contributed by atoms with E-state index < -0.39 is 21.8 Å². The number of piperazine rings is 1. The lowest BCUT2D eigenvalue weighted by Gasteiger charge is -2.37. The maximum absolute atomic E-state index is 12.8. The first kappa shape index (κ1) is 20.8. The molecule has 1 atom stereocenters. The van der Waals surface area contributed by atoms with E-state index >= 15 is 0 Å². The molecule has 3 rings (SSSR count). The average molecular weight is 412 g/mol. The lowest BCUT2D eigenvalue weighted by Crippen LogP contribution is -2.49. The van der Waals surface area contributed by atoms with E-state index in [9.17, 15) is 21.6 Å². The van der Waals surface area contributed by atoms with E-state index in [2.05, 4.69) is 4.90 Å². The van der Waals surface area contributed by atoms with E-state index in [4.69, 9.17) is 0 Å². The fraction of sp³-hybridized carbons (Fsp3) is 0.400. The maximum Gasteiger partial charge on any atom is 0.416 e. The summed E-state index contributed by atoms with van der Waals surface area (Å²) >= 11 is 0. The molecule has 0 amide bonds. The van der Waals surface area contributed by atoms with Gasteiger partial charge in [-0.1, -0.05) is 29.8 Å². The topological polar surface area (TPSA) is 40.6 Å². The van der Waals surface area contributed by atoms with Crippen LogP contribution in [0.2, 0.25) is 0 Å². The molecule has 1 fully saturated rings. The highest BCUT2D eigenvalue weighted by molar-refractivity contribution is 7.89. The third kappa shape index (κ3) is 4.39. The van der Waals surface area contributed by atoms with Crippen LogP contribution in [0, 0.1) is 6.92 Å². The first-order chi connectivity index (χ1) is 13.1. The molecule has 1 aliphatic heterocycles. The van der Waals surface area contributed by atoms with Crippen molar-refractivity contribution in [1.29, 1.82) is 0 Å². The van der Waals surface area contributed by atoms with Gasteiger partial charge < -0.3 is 0 Å². The van der Waals surface area contributed by atoms with Gasteiger partial charge in [0, 0.05) is 32.2 Å². The molecule has 1 unspecified atom stereocenters. The molecule has 0 saturated carbocycles. The minimum Gasteiger partial charge on any atom is -0.294 e. The minimum atomic E-state index is -4.35. The zero-order valence-corrected chi connectivity index (χ0v) is 16.6. The number of hydrogen-bond acceptors (Lipinski definition) is 3. The Bertz CT molecular complexity index is 902. The molecule has 2 aromatic rings. The zero-order valence-electron chi connectivity index (χ0n) is 15.8. The third-order valence-electron chi connectivity index (χ3n) is 5.20. The Hall–Kier alpha value is -1.90. The Labute approximate surface area is 163 Å². The van der Waals surface area contributed by atoms with Crippen LogP contribution < -0.4 is 0 Å². The summed E-state index contributed by atoms with van der Waals surface area (Å²) in [5.74, 6) is 0. The van der Waals surface area contributed by atoms with Crippen LogP contribution in [0.3, 0.4) is 0 Å². The van der Waals surface area contributed by atoms with Crippen molar-refractivity contribution in [1.82, 2.24) is 9.21 Å². The molecule has 152 valence electrons. The van der Waals surface area contributed by atoms with E-state index in [0.717, 1.165) is 23.3 Å². The molecule has 0 aliphatic carbocycles. The van der Waals surface area contributed by atoms with Crippen LogP contribution >= 0.6 is 0 Å². The quantitative estimate of drug-likeness (QED) is 0.760. The lowest BCUT2D eigenvalue weighted by molar-refractivity contribution is -0.137. The van der Waals surface area contributed by atoms with Crippen LogP contribution in [-0.2, 0) is 16.2 Å². The van der Waals surface area contributed by atoms with Gasteiger partial charge >= 0.3 is 6.18 Å². The predicted octanol–water partition coefficient (Wildman–Crippen LogP) is 4.08. The van der Waals surface area contributed by atoms with Crippen molar-refractivity contribution in [3.63, 3.8) is 0 Å². The predicted molar refractivity (Wildman–Crippen MR) is 101 cm³/mol. The third-order valence-corrected chi connectivity index (χ3v) is 7.11. The number of benzene rings is 2. The van der Waals surface area contributed by atoms with Crippen molar-refractivity contribution in [2.45, 2.75) is 31.0 Å². The highest BCUT2D eigenvalue weighted by Crippen LogP contribution is 2.31. The van der Waals surface area contributed by atoms with E-state index in [-0.39, 0.29) is 10.9 Å². The molecule has 0 spiro atoms. The van der Waals surface area contributed by atoms with Gasteiger partial charge in [-0.05, 0) is 43.7 Å². The largest absolute Gasteiger partial charge is 0.416 e. The number of aryl methyl sites for hydroxylation is 1. The fourth-order valence-electron chi connectivity index (χ4n) is 3.35. The highest BCUT2D eigenvalue weighted by atomic mass is 32.2. The zero-order chi connectivity index (χ0) is 20.5. The summed E-state index contributed by atoms with van der Waals surface area (Å²) in [4.78, 5) is 2.37. The van der Waals surface area contributed by atoms with Gasteiger partial charge in [0.05, 0.1) is 10.5 Å². The fourth-order valence-corrected chi connectivity index (χ4v) is 4.77. The number of halogens is 3. The van der Waals surface area contributed by atoms with Crippen molar-refractivity contribution in [3.05, 3.63) is 65.2 Å². The summed E-state index contributed by atoms with van der Waals surface area (Å²) < 4.78 is 65.2. The van der Waals surface area contributed by atoms with E-state index in [1.807, 2.05) is 13.8 Å². The molecule has 0 aromatic heterocycles. The van der Waals surface area contributed by atoms with Crippen LogP contribution in [0.4, 0.5) is 13.2 Å². The van der Waals surface area contributed by atoms with Gasteiger partial charge in [0.2, 0.25) is 10.0 Å². The summed E-state index contributed by atoms with van der Waals surface area (Å²) in [5.41, 5.74) is 1.11. The van der Waals surface area contributed by atoms with Crippen molar-refractivity contribution in [2.24, 2.45) is 0 Å². The minimum absolute atomic E-state index is 0.0912. The standard InChI is InChI=1S/C20H23F3N2O2S/c1-15-3-9-19(10-4-15)28(26,27)25-13-11-24(12-14-25)16(2)17-5-7-18(8-6-17)20(21,22)23/h3-10,16H,11-14H2,1-2H3. The van der Waals surface area contributed by atoms with Gasteiger partial charge in [-0.15, -0.1) is 0 Å². The molecular formula is C20H23F3N2O2S. The van der Waals surface area contributed by atoms with Crippen molar-refractivity contribution >= 4 is 10.0 Å². The van der Waals surface area contributed by atoms with Crippen LogP contribution in [0.25, 0.3) is 0 Å². The van der Waals surface area contributed by atoms with Gasteiger partial charge in [0.25, 0.3) is 0 Å². The van der Waals surface area contributed by atoms with Gasteiger partial charge in [0.15, 0.2) is 0 Å². The number of hydrogen-bond donors (Lipinski definition) is 0. The summed E-state index contributed by atoms with van der Waals surface area (Å²) in [6, 6.07) is 11.8.